The Morgan fingerprint density at radius 2 is 1.90 bits per heavy atom. The van der Waals surface area contributed by atoms with E-state index in [0.29, 0.717) is 23.6 Å². The molecule has 0 aromatic heterocycles. The van der Waals surface area contributed by atoms with Gasteiger partial charge >= 0.3 is 12.0 Å². The predicted octanol–water partition coefficient (Wildman–Crippen LogP) is 0.241. The number of hydrogen-bond acceptors (Lipinski definition) is 4. The third-order valence-electron chi connectivity index (χ3n) is 2.98. The molecule has 0 saturated carbocycles. The van der Waals surface area contributed by atoms with Gasteiger partial charge in [0.2, 0.25) is 5.91 Å². The van der Waals surface area contributed by atoms with E-state index in [0.717, 1.165) is 0 Å². The molecule has 2 unspecified atom stereocenters. The summed E-state index contributed by atoms with van der Waals surface area (Å²) in [7, 11) is 0. The number of amides is 3. The lowest BCUT2D eigenvalue weighted by molar-refractivity contribution is -0.139. The number of nitrogens with zero attached hydrogens (tertiary/aromatic N) is 1. The van der Waals surface area contributed by atoms with Crippen molar-refractivity contribution in [2.45, 2.75) is 43.2 Å². The highest BCUT2D eigenvalue weighted by molar-refractivity contribution is 8.00. The summed E-state index contributed by atoms with van der Waals surface area (Å²) in [6.07, 6.45) is -0.0655. The van der Waals surface area contributed by atoms with E-state index in [9.17, 15) is 14.4 Å². The van der Waals surface area contributed by atoms with Crippen LogP contribution in [0.5, 0.6) is 0 Å². The van der Waals surface area contributed by atoms with Gasteiger partial charge in [-0.2, -0.15) is 11.8 Å². The zero-order valence-corrected chi connectivity index (χ0v) is 12.5. The molecular formula is C12H21N3O4S. The quantitative estimate of drug-likeness (QED) is 0.673. The first-order chi connectivity index (χ1) is 9.29. The first-order valence-corrected chi connectivity index (χ1v) is 7.46. The van der Waals surface area contributed by atoms with E-state index in [1.165, 1.54) is 0 Å². The fraction of sp³-hybridized carbons (Fsp3) is 0.750. The maximum absolute atomic E-state index is 12.1. The van der Waals surface area contributed by atoms with Crippen LogP contribution in [0.2, 0.25) is 0 Å². The van der Waals surface area contributed by atoms with Crippen molar-refractivity contribution >= 4 is 29.7 Å². The van der Waals surface area contributed by atoms with Crippen molar-refractivity contribution in [2.24, 2.45) is 5.73 Å². The van der Waals surface area contributed by atoms with Gasteiger partial charge in [-0.05, 0) is 6.42 Å². The van der Waals surface area contributed by atoms with Gasteiger partial charge in [-0.1, -0.05) is 13.8 Å². The normalized spacial score (nSPS) is 24.0. The molecule has 20 heavy (non-hydrogen) atoms. The lowest BCUT2D eigenvalue weighted by Crippen LogP contribution is -2.52. The highest BCUT2D eigenvalue weighted by Gasteiger charge is 2.28. The zero-order chi connectivity index (χ0) is 15.3. The Kier molecular flexibility index (Phi) is 6.12. The summed E-state index contributed by atoms with van der Waals surface area (Å²) in [5.74, 6) is -1.74. The molecule has 0 aliphatic carbocycles. The van der Waals surface area contributed by atoms with Crippen LogP contribution in [-0.4, -0.2) is 57.5 Å². The number of rotatable bonds is 5. The Morgan fingerprint density at radius 3 is 2.35 bits per heavy atom. The molecule has 8 heteroatoms. The highest BCUT2D eigenvalue weighted by Crippen LogP contribution is 2.24. The maximum Gasteiger partial charge on any atom is 0.326 e. The SMILES string of the molecule is CC1CN(C(=O)N[C@H](CCC(N)=O)C(=O)O)CC(C)S1. The molecule has 1 rings (SSSR count). The molecule has 7 nitrogen and oxygen atoms in total. The second-order valence-electron chi connectivity index (χ2n) is 5.01. The molecule has 1 saturated heterocycles. The molecular weight excluding hydrogens is 282 g/mol. The smallest absolute Gasteiger partial charge is 0.326 e. The number of nitrogens with one attached hydrogen (secondary N) is 1. The fourth-order valence-corrected chi connectivity index (χ4v) is 3.45. The average Bonchev–Trinajstić information content (AvgIpc) is 2.32. The third-order valence-corrected chi connectivity index (χ3v) is 4.21. The Bertz CT molecular complexity index is 381. The number of carboxylic acids is 1. The van der Waals surface area contributed by atoms with Crippen molar-refractivity contribution in [3.05, 3.63) is 0 Å². The van der Waals surface area contributed by atoms with Gasteiger partial charge in [0.1, 0.15) is 6.04 Å². The van der Waals surface area contributed by atoms with Crippen LogP contribution in [0.4, 0.5) is 4.79 Å². The van der Waals surface area contributed by atoms with Gasteiger partial charge in [-0.3, -0.25) is 4.79 Å². The number of nitrogens with two attached hydrogens (primary N) is 1. The molecule has 3 amide bonds. The van der Waals surface area contributed by atoms with E-state index in [1.807, 2.05) is 13.8 Å². The van der Waals surface area contributed by atoms with E-state index in [4.69, 9.17) is 10.8 Å². The lowest BCUT2D eigenvalue weighted by atomic mass is 10.1. The van der Waals surface area contributed by atoms with Crippen LogP contribution in [0.3, 0.4) is 0 Å². The average molecular weight is 303 g/mol. The number of carboxylic acid groups (broad SMARTS) is 1. The summed E-state index contributed by atoms with van der Waals surface area (Å²) < 4.78 is 0. The van der Waals surface area contributed by atoms with Crippen molar-refractivity contribution in [1.29, 1.82) is 0 Å². The Balaban J connectivity index is 2.56. The summed E-state index contributed by atoms with van der Waals surface area (Å²) in [4.78, 5) is 35.5. The van der Waals surface area contributed by atoms with Crippen molar-refractivity contribution in [2.75, 3.05) is 13.1 Å². The Morgan fingerprint density at radius 1 is 1.35 bits per heavy atom. The Labute approximate surface area is 122 Å². The van der Waals surface area contributed by atoms with Gasteiger partial charge in [0, 0.05) is 30.0 Å². The largest absolute Gasteiger partial charge is 0.480 e. The molecule has 1 fully saturated rings. The number of urea groups is 1. The molecule has 0 radical (unpaired) electrons. The van der Waals surface area contributed by atoms with Crippen molar-refractivity contribution in [3.63, 3.8) is 0 Å². The zero-order valence-electron chi connectivity index (χ0n) is 11.7. The topological polar surface area (TPSA) is 113 Å². The first-order valence-electron chi connectivity index (χ1n) is 6.51. The van der Waals surface area contributed by atoms with E-state index in [1.54, 1.807) is 16.7 Å². The van der Waals surface area contributed by atoms with Crippen LogP contribution in [-0.2, 0) is 9.59 Å². The second-order valence-corrected chi connectivity index (χ2v) is 6.89. The molecule has 0 aromatic rings. The van der Waals surface area contributed by atoms with E-state index >= 15 is 0 Å². The summed E-state index contributed by atoms with van der Waals surface area (Å²) in [6, 6.07) is -1.49. The Hall–Kier alpha value is -1.44. The van der Waals surface area contributed by atoms with E-state index in [2.05, 4.69) is 5.32 Å². The number of carbonyl (C=O) groups is 3. The summed E-state index contributed by atoms with van der Waals surface area (Å²) in [5, 5.41) is 12.1. The number of thioether (sulfide) groups is 1. The van der Waals surface area contributed by atoms with Crippen LogP contribution in [0.25, 0.3) is 0 Å². The van der Waals surface area contributed by atoms with Gasteiger partial charge < -0.3 is 21.1 Å². The van der Waals surface area contributed by atoms with Gasteiger partial charge in [-0.15, -0.1) is 0 Å². The minimum absolute atomic E-state index is 0.00407. The second kappa shape index (κ2) is 7.37. The maximum atomic E-state index is 12.1. The van der Waals surface area contributed by atoms with Gasteiger partial charge in [0.05, 0.1) is 0 Å². The van der Waals surface area contributed by atoms with Crippen molar-refractivity contribution < 1.29 is 19.5 Å². The predicted molar refractivity (Wildman–Crippen MR) is 76.5 cm³/mol. The molecule has 0 aromatic carbocycles. The van der Waals surface area contributed by atoms with Crippen LogP contribution in [0, 0.1) is 0 Å². The monoisotopic (exact) mass is 303 g/mol. The third kappa shape index (κ3) is 5.28. The summed E-state index contributed by atoms with van der Waals surface area (Å²) in [6.45, 7) is 5.23. The van der Waals surface area contributed by atoms with Crippen molar-refractivity contribution in [1.82, 2.24) is 10.2 Å². The summed E-state index contributed by atoms with van der Waals surface area (Å²) >= 11 is 1.80. The summed E-state index contributed by atoms with van der Waals surface area (Å²) in [5.41, 5.74) is 4.99. The first kappa shape index (κ1) is 16.6. The van der Waals surface area contributed by atoms with E-state index in [-0.39, 0.29) is 12.8 Å². The van der Waals surface area contributed by atoms with Gasteiger partial charge in [-0.25, -0.2) is 9.59 Å². The van der Waals surface area contributed by atoms with Crippen molar-refractivity contribution in [3.8, 4) is 0 Å². The van der Waals surface area contributed by atoms with E-state index < -0.39 is 23.9 Å². The lowest BCUT2D eigenvalue weighted by Gasteiger charge is -2.35. The minimum Gasteiger partial charge on any atom is -0.480 e. The fourth-order valence-electron chi connectivity index (χ4n) is 2.13. The molecule has 1 aliphatic heterocycles. The molecule has 4 N–H and O–H groups in total. The number of aliphatic carboxylic acids is 1. The number of carbonyl (C=O) groups excluding carboxylic acids is 2. The number of hydrogen-bond donors (Lipinski definition) is 3. The molecule has 1 heterocycles. The molecule has 114 valence electrons. The molecule has 1 aliphatic rings. The molecule has 3 atom stereocenters. The minimum atomic E-state index is -1.16. The van der Waals surface area contributed by atoms with Gasteiger partial charge in [0.15, 0.2) is 0 Å². The highest BCUT2D eigenvalue weighted by atomic mass is 32.2. The standard InChI is InChI=1S/C12H21N3O4S/c1-7-5-15(6-8(2)20-7)12(19)14-9(11(17)18)3-4-10(13)16/h7-9H,3-6H2,1-2H3,(H2,13,16)(H,14,19)(H,17,18)/t7?,8?,9-/m1/s1. The van der Waals surface area contributed by atoms with Crippen LogP contribution in [0.15, 0.2) is 0 Å². The van der Waals surface area contributed by atoms with Crippen LogP contribution >= 0.6 is 11.8 Å². The molecule has 0 spiro atoms. The van der Waals surface area contributed by atoms with Crippen LogP contribution < -0.4 is 11.1 Å². The molecule has 0 bridgehead atoms. The van der Waals surface area contributed by atoms with Gasteiger partial charge in [0.25, 0.3) is 0 Å². The number of primary amides is 1. The van der Waals surface area contributed by atoms with Crippen LogP contribution in [0.1, 0.15) is 26.7 Å².